The van der Waals surface area contributed by atoms with Crippen LogP contribution in [0.15, 0.2) is 67.5 Å². The predicted molar refractivity (Wildman–Crippen MR) is 144 cm³/mol. The highest BCUT2D eigenvalue weighted by Gasteiger charge is 2.27. The van der Waals surface area contributed by atoms with Crippen LogP contribution in [0.4, 0.5) is 10.2 Å². The van der Waals surface area contributed by atoms with Crippen LogP contribution in [0.3, 0.4) is 0 Å². The van der Waals surface area contributed by atoms with Gasteiger partial charge in [-0.25, -0.2) is 19.0 Å². The van der Waals surface area contributed by atoms with E-state index in [1.54, 1.807) is 9.58 Å². The molecule has 3 heterocycles. The van der Waals surface area contributed by atoms with E-state index in [9.17, 15) is 9.18 Å². The summed E-state index contributed by atoms with van der Waals surface area (Å²) in [6.45, 7) is 5.01. The molecule has 1 fully saturated rings. The van der Waals surface area contributed by atoms with Crippen molar-refractivity contribution in [3.63, 3.8) is 0 Å². The van der Waals surface area contributed by atoms with Gasteiger partial charge in [0.15, 0.2) is 17.2 Å². The maximum Gasteiger partial charge on any atom is 0.246 e. The highest BCUT2D eigenvalue weighted by Crippen LogP contribution is 2.28. The van der Waals surface area contributed by atoms with E-state index < -0.39 is 5.82 Å². The number of aromatic nitrogens is 4. The summed E-state index contributed by atoms with van der Waals surface area (Å²) >= 11 is 0. The van der Waals surface area contributed by atoms with Gasteiger partial charge >= 0.3 is 0 Å². The molecule has 1 amide bonds. The number of halogens is 1. The minimum atomic E-state index is -0.479. The van der Waals surface area contributed by atoms with E-state index in [1.165, 1.54) is 30.6 Å². The molecule has 9 nitrogen and oxygen atoms in total. The molecular weight excluding hydrogens is 499 g/mol. The quantitative estimate of drug-likeness (QED) is 0.287. The first kappa shape index (κ1) is 25.7. The number of hydrogen-bond acceptors (Lipinski definition) is 7. The van der Waals surface area contributed by atoms with Crippen LogP contribution in [-0.4, -0.2) is 50.3 Å². The highest BCUT2D eigenvalue weighted by atomic mass is 19.1. The number of nitrogen functional groups attached to an aromatic ring is 1. The molecule has 0 saturated carbocycles. The van der Waals surface area contributed by atoms with Crippen molar-refractivity contribution in [2.24, 2.45) is 0 Å². The SMILES string of the molecule is C=CC(=O)N1CCCC(n2nc(C#CCOc3ccc(F)c(OCc4ccccc4)c3)c3c(N)ncnc32)C1. The summed E-state index contributed by atoms with van der Waals surface area (Å²) in [5.41, 5.74) is 8.07. The number of nitrogens with zero attached hydrogens (tertiary/aromatic N) is 5. The number of carbonyl (C=O) groups is 1. The van der Waals surface area contributed by atoms with Gasteiger partial charge in [-0.15, -0.1) is 0 Å². The Hall–Kier alpha value is -4.91. The maximum atomic E-state index is 14.2. The van der Waals surface area contributed by atoms with Gasteiger partial charge in [0.1, 0.15) is 36.8 Å². The van der Waals surface area contributed by atoms with Crippen LogP contribution < -0.4 is 15.2 Å². The zero-order chi connectivity index (χ0) is 27.2. The molecule has 0 radical (unpaired) electrons. The van der Waals surface area contributed by atoms with Gasteiger partial charge in [-0.05, 0) is 42.5 Å². The molecule has 1 unspecified atom stereocenters. The van der Waals surface area contributed by atoms with Crippen molar-refractivity contribution >= 4 is 22.8 Å². The summed E-state index contributed by atoms with van der Waals surface area (Å²) < 4.78 is 27.4. The molecule has 1 atom stereocenters. The summed E-state index contributed by atoms with van der Waals surface area (Å²) in [7, 11) is 0. The molecule has 198 valence electrons. The van der Waals surface area contributed by atoms with Crippen LogP contribution in [0.1, 0.15) is 30.1 Å². The Morgan fingerprint density at radius 1 is 1.21 bits per heavy atom. The van der Waals surface area contributed by atoms with Gasteiger partial charge in [-0.2, -0.15) is 5.10 Å². The van der Waals surface area contributed by atoms with E-state index in [2.05, 4.69) is 33.5 Å². The number of piperidine rings is 1. The Kier molecular flexibility index (Phi) is 7.68. The Morgan fingerprint density at radius 3 is 2.87 bits per heavy atom. The lowest BCUT2D eigenvalue weighted by Gasteiger charge is -2.32. The smallest absolute Gasteiger partial charge is 0.246 e. The number of ether oxygens (including phenoxy) is 2. The number of anilines is 1. The molecule has 2 N–H and O–H groups in total. The largest absolute Gasteiger partial charge is 0.486 e. The third kappa shape index (κ3) is 5.83. The summed E-state index contributed by atoms with van der Waals surface area (Å²) in [4.78, 5) is 22.4. The van der Waals surface area contributed by atoms with E-state index in [1.807, 2.05) is 30.3 Å². The molecule has 1 saturated heterocycles. The molecule has 4 aromatic rings. The number of fused-ring (bicyclic) bond motifs is 1. The van der Waals surface area contributed by atoms with Crippen LogP contribution in [0.2, 0.25) is 0 Å². The van der Waals surface area contributed by atoms with Crippen LogP contribution >= 0.6 is 0 Å². The van der Waals surface area contributed by atoms with Gasteiger partial charge in [-0.1, -0.05) is 42.8 Å². The first-order chi connectivity index (χ1) is 19.0. The number of likely N-dealkylation sites (tertiary alicyclic amines) is 1. The van der Waals surface area contributed by atoms with Gasteiger partial charge in [-0.3, -0.25) is 4.79 Å². The molecule has 1 aliphatic heterocycles. The van der Waals surface area contributed by atoms with Crippen LogP contribution in [0.25, 0.3) is 11.0 Å². The molecule has 0 aliphatic carbocycles. The molecule has 2 aromatic heterocycles. The standard InChI is InChI=1S/C29H27FN6O3/c1-2-26(37)35-14-6-10-21(17-35)36-29-27(28(31)32-19-33-29)24(34-36)11-7-15-38-22-12-13-23(30)25(16-22)39-18-20-8-4-3-5-9-20/h2-5,8-9,12-13,16,19,21H,1,6,10,14-15,17-18H2,(H2,31,32,33). The van der Waals surface area contributed by atoms with Gasteiger partial charge in [0.05, 0.1) is 11.4 Å². The fourth-order valence-corrected chi connectivity index (χ4v) is 4.48. The van der Waals surface area contributed by atoms with Crippen molar-refractivity contribution in [1.82, 2.24) is 24.6 Å². The predicted octanol–water partition coefficient (Wildman–Crippen LogP) is 3.91. The first-order valence-corrected chi connectivity index (χ1v) is 12.5. The van der Waals surface area contributed by atoms with E-state index in [0.717, 1.165) is 18.4 Å². The molecule has 39 heavy (non-hydrogen) atoms. The molecule has 5 rings (SSSR count). The number of nitrogens with two attached hydrogens (primary N) is 1. The van der Waals surface area contributed by atoms with Gasteiger partial charge < -0.3 is 20.1 Å². The zero-order valence-corrected chi connectivity index (χ0v) is 21.2. The number of hydrogen-bond donors (Lipinski definition) is 1. The summed E-state index contributed by atoms with van der Waals surface area (Å²) in [5.74, 6) is 6.14. The maximum absolute atomic E-state index is 14.2. The summed E-state index contributed by atoms with van der Waals surface area (Å²) in [5, 5.41) is 5.24. The second kappa shape index (κ2) is 11.6. The molecule has 2 aromatic carbocycles. The number of amides is 1. The highest BCUT2D eigenvalue weighted by molar-refractivity contribution is 5.90. The van der Waals surface area contributed by atoms with Crippen molar-refractivity contribution in [1.29, 1.82) is 0 Å². The Bertz CT molecular complexity index is 1560. The third-order valence-electron chi connectivity index (χ3n) is 6.40. The van der Waals surface area contributed by atoms with E-state index in [0.29, 0.717) is 35.6 Å². The molecule has 1 aliphatic rings. The fraction of sp³-hybridized carbons (Fsp3) is 0.241. The van der Waals surface area contributed by atoms with Crippen LogP contribution in [0.5, 0.6) is 11.5 Å². The van der Waals surface area contributed by atoms with Crippen molar-refractivity contribution in [3.8, 4) is 23.3 Å². The van der Waals surface area contributed by atoms with Crippen molar-refractivity contribution < 1.29 is 18.7 Å². The Labute approximate surface area is 225 Å². The van der Waals surface area contributed by atoms with Crippen LogP contribution in [-0.2, 0) is 11.4 Å². The van der Waals surface area contributed by atoms with Gasteiger partial charge in [0.2, 0.25) is 5.91 Å². The minimum absolute atomic E-state index is 0.0246. The lowest BCUT2D eigenvalue weighted by atomic mass is 10.1. The van der Waals surface area contributed by atoms with Crippen molar-refractivity contribution in [3.05, 3.63) is 84.6 Å². The Balaban J connectivity index is 1.31. The number of benzene rings is 2. The lowest BCUT2D eigenvalue weighted by Crippen LogP contribution is -2.40. The van der Waals surface area contributed by atoms with Gasteiger partial charge in [0.25, 0.3) is 0 Å². The summed E-state index contributed by atoms with van der Waals surface area (Å²) in [6, 6.07) is 13.7. The van der Waals surface area contributed by atoms with Crippen molar-refractivity contribution in [2.75, 3.05) is 25.4 Å². The van der Waals surface area contributed by atoms with Crippen LogP contribution in [0, 0.1) is 17.7 Å². The number of rotatable bonds is 7. The monoisotopic (exact) mass is 526 g/mol. The topological polar surface area (TPSA) is 108 Å². The second-order valence-electron chi connectivity index (χ2n) is 8.99. The second-order valence-corrected chi connectivity index (χ2v) is 8.99. The number of carbonyl (C=O) groups excluding carboxylic acids is 1. The normalized spacial score (nSPS) is 14.9. The Morgan fingerprint density at radius 2 is 2.05 bits per heavy atom. The summed E-state index contributed by atoms with van der Waals surface area (Å²) in [6.07, 6.45) is 4.37. The third-order valence-corrected chi connectivity index (χ3v) is 6.40. The van der Waals surface area contributed by atoms with Crippen molar-refractivity contribution in [2.45, 2.75) is 25.5 Å². The van der Waals surface area contributed by atoms with E-state index >= 15 is 0 Å². The van der Waals surface area contributed by atoms with Gasteiger partial charge in [0, 0.05) is 19.2 Å². The molecule has 10 heteroatoms. The molecular formula is C29H27FN6O3. The lowest BCUT2D eigenvalue weighted by molar-refractivity contribution is -0.127. The molecule has 0 bridgehead atoms. The minimum Gasteiger partial charge on any atom is -0.486 e. The average Bonchev–Trinajstić information content (AvgIpc) is 3.35. The fourth-order valence-electron chi connectivity index (χ4n) is 4.48. The van der Waals surface area contributed by atoms with E-state index in [4.69, 9.17) is 15.2 Å². The van der Waals surface area contributed by atoms with E-state index in [-0.39, 0.29) is 36.7 Å². The average molecular weight is 527 g/mol. The molecule has 0 spiro atoms. The zero-order valence-electron chi connectivity index (χ0n) is 21.2. The first-order valence-electron chi connectivity index (χ1n) is 12.5.